The molecule has 1 amide bonds. The Kier molecular flexibility index (Phi) is 8.71. The summed E-state index contributed by atoms with van der Waals surface area (Å²) >= 11 is 0. The van der Waals surface area contributed by atoms with Crippen LogP contribution in [-0.4, -0.2) is 48.6 Å². The van der Waals surface area contributed by atoms with Gasteiger partial charge in [0, 0.05) is 5.54 Å². The molecule has 1 saturated heterocycles. The molecule has 0 aromatic carbocycles. The van der Waals surface area contributed by atoms with Gasteiger partial charge in [-0.15, -0.1) is 12.4 Å². The zero-order valence-corrected chi connectivity index (χ0v) is 14.5. The molecule has 5 heteroatoms. The summed E-state index contributed by atoms with van der Waals surface area (Å²) in [6.07, 6.45) is 2.39. The normalized spacial score (nSPS) is 19.2. The molecular weight excluding hydrogens is 274 g/mol. The van der Waals surface area contributed by atoms with E-state index in [2.05, 4.69) is 22.5 Å². The molecule has 0 bridgehead atoms. The van der Waals surface area contributed by atoms with E-state index in [1.807, 2.05) is 27.7 Å². The summed E-state index contributed by atoms with van der Waals surface area (Å²) in [7, 11) is 0. The van der Waals surface area contributed by atoms with E-state index in [1.165, 1.54) is 12.8 Å². The van der Waals surface area contributed by atoms with Crippen LogP contribution in [0.4, 0.5) is 0 Å². The molecular formula is C15H32ClN3O. The number of likely N-dealkylation sites (tertiary alicyclic amines) is 1. The number of hydrogen-bond donors (Lipinski definition) is 2. The third-order valence-corrected chi connectivity index (χ3v) is 3.76. The molecule has 0 saturated carbocycles. The van der Waals surface area contributed by atoms with Crippen LogP contribution in [0.1, 0.15) is 47.5 Å². The molecule has 0 spiro atoms. The highest BCUT2D eigenvalue weighted by Gasteiger charge is 2.28. The van der Waals surface area contributed by atoms with Crippen LogP contribution in [0.2, 0.25) is 0 Å². The summed E-state index contributed by atoms with van der Waals surface area (Å²) in [4.78, 5) is 14.5. The second kappa shape index (κ2) is 8.85. The van der Waals surface area contributed by atoms with Gasteiger partial charge in [-0.25, -0.2) is 0 Å². The van der Waals surface area contributed by atoms with Crippen LogP contribution in [0, 0.1) is 5.92 Å². The van der Waals surface area contributed by atoms with Gasteiger partial charge in [0.25, 0.3) is 0 Å². The van der Waals surface area contributed by atoms with Crippen molar-refractivity contribution >= 4 is 18.3 Å². The second-order valence-electron chi connectivity index (χ2n) is 6.70. The quantitative estimate of drug-likeness (QED) is 0.817. The van der Waals surface area contributed by atoms with Gasteiger partial charge in [0.2, 0.25) is 5.91 Å². The fourth-order valence-corrected chi connectivity index (χ4v) is 2.53. The van der Waals surface area contributed by atoms with Crippen LogP contribution in [0.15, 0.2) is 0 Å². The number of piperidine rings is 1. The SMILES string of the molecule is CCNCC1CCN(C(C)C(=O)NC(C)(C)C)CC1.Cl. The number of hydrogen-bond acceptors (Lipinski definition) is 3. The lowest BCUT2D eigenvalue weighted by atomic mass is 9.95. The van der Waals surface area contributed by atoms with Crippen LogP contribution in [-0.2, 0) is 4.79 Å². The van der Waals surface area contributed by atoms with Crippen LogP contribution in [0.25, 0.3) is 0 Å². The molecule has 0 aliphatic carbocycles. The number of carbonyl (C=O) groups excluding carboxylic acids is 1. The summed E-state index contributed by atoms with van der Waals surface area (Å²) in [6.45, 7) is 14.5. The predicted octanol–water partition coefficient (Wildman–Crippen LogP) is 2.03. The fourth-order valence-electron chi connectivity index (χ4n) is 2.53. The Labute approximate surface area is 130 Å². The lowest BCUT2D eigenvalue weighted by molar-refractivity contribution is -0.127. The third kappa shape index (κ3) is 6.91. The third-order valence-electron chi connectivity index (χ3n) is 3.76. The van der Waals surface area contributed by atoms with Gasteiger partial charge < -0.3 is 10.6 Å². The molecule has 1 aliphatic rings. The number of nitrogens with zero attached hydrogens (tertiary/aromatic N) is 1. The van der Waals surface area contributed by atoms with E-state index in [-0.39, 0.29) is 29.9 Å². The van der Waals surface area contributed by atoms with Crippen LogP contribution in [0.5, 0.6) is 0 Å². The minimum atomic E-state index is -0.144. The Bertz CT molecular complexity index is 283. The number of halogens is 1. The second-order valence-corrected chi connectivity index (χ2v) is 6.70. The van der Waals surface area contributed by atoms with Gasteiger partial charge >= 0.3 is 0 Å². The van der Waals surface area contributed by atoms with Crippen LogP contribution >= 0.6 is 12.4 Å². The van der Waals surface area contributed by atoms with Gasteiger partial charge in [-0.2, -0.15) is 0 Å². The molecule has 1 fully saturated rings. The molecule has 1 heterocycles. The van der Waals surface area contributed by atoms with Crippen LogP contribution in [0.3, 0.4) is 0 Å². The van der Waals surface area contributed by atoms with E-state index in [1.54, 1.807) is 0 Å². The largest absolute Gasteiger partial charge is 0.350 e. The lowest BCUT2D eigenvalue weighted by Crippen LogP contribution is -2.53. The lowest BCUT2D eigenvalue weighted by Gasteiger charge is -2.36. The molecule has 120 valence electrons. The maximum absolute atomic E-state index is 12.1. The number of nitrogens with one attached hydrogen (secondary N) is 2. The van der Waals surface area contributed by atoms with E-state index in [0.29, 0.717) is 0 Å². The summed E-state index contributed by atoms with van der Waals surface area (Å²) < 4.78 is 0. The van der Waals surface area contributed by atoms with Crippen molar-refractivity contribution in [3.05, 3.63) is 0 Å². The van der Waals surface area contributed by atoms with Crippen molar-refractivity contribution in [1.29, 1.82) is 0 Å². The highest BCUT2D eigenvalue weighted by atomic mass is 35.5. The number of rotatable bonds is 5. The number of carbonyl (C=O) groups is 1. The maximum Gasteiger partial charge on any atom is 0.237 e. The molecule has 1 rings (SSSR count). The zero-order valence-electron chi connectivity index (χ0n) is 13.7. The molecule has 4 nitrogen and oxygen atoms in total. The summed E-state index contributed by atoms with van der Waals surface area (Å²) in [5.74, 6) is 0.923. The van der Waals surface area contributed by atoms with Gasteiger partial charge in [-0.3, -0.25) is 9.69 Å². The van der Waals surface area contributed by atoms with Crippen molar-refractivity contribution in [2.75, 3.05) is 26.2 Å². The molecule has 20 heavy (non-hydrogen) atoms. The highest BCUT2D eigenvalue weighted by Crippen LogP contribution is 2.18. The standard InChI is InChI=1S/C15H31N3O.ClH/c1-6-16-11-13-7-9-18(10-8-13)12(2)14(19)17-15(3,4)5;/h12-13,16H,6-11H2,1-5H3,(H,17,19);1H. The van der Waals surface area contributed by atoms with Gasteiger partial charge in [0.1, 0.15) is 0 Å². The summed E-state index contributed by atoms with van der Waals surface area (Å²) in [5, 5.41) is 6.49. The summed E-state index contributed by atoms with van der Waals surface area (Å²) in [6, 6.07) is -0.0145. The smallest absolute Gasteiger partial charge is 0.237 e. The van der Waals surface area contributed by atoms with Crippen molar-refractivity contribution in [3.8, 4) is 0 Å². The van der Waals surface area contributed by atoms with Crippen molar-refractivity contribution in [1.82, 2.24) is 15.5 Å². The minimum absolute atomic E-state index is 0. The van der Waals surface area contributed by atoms with E-state index in [9.17, 15) is 4.79 Å². The Morgan fingerprint density at radius 3 is 2.30 bits per heavy atom. The minimum Gasteiger partial charge on any atom is -0.350 e. The first-order valence-electron chi connectivity index (χ1n) is 7.60. The molecule has 2 N–H and O–H groups in total. The Hall–Kier alpha value is -0.320. The average molecular weight is 306 g/mol. The Morgan fingerprint density at radius 2 is 1.85 bits per heavy atom. The van der Waals surface area contributed by atoms with E-state index >= 15 is 0 Å². The first kappa shape index (κ1) is 19.7. The molecule has 0 aromatic heterocycles. The predicted molar refractivity (Wildman–Crippen MR) is 87.4 cm³/mol. The van der Waals surface area contributed by atoms with Crippen molar-refractivity contribution in [2.45, 2.75) is 59.0 Å². The average Bonchev–Trinajstić information content (AvgIpc) is 2.34. The first-order chi connectivity index (χ1) is 8.83. The summed E-state index contributed by atoms with van der Waals surface area (Å²) in [5.41, 5.74) is -0.144. The van der Waals surface area contributed by atoms with E-state index < -0.39 is 0 Å². The molecule has 0 aromatic rings. The van der Waals surface area contributed by atoms with Crippen molar-refractivity contribution in [3.63, 3.8) is 0 Å². The molecule has 1 aliphatic heterocycles. The molecule has 0 radical (unpaired) electrons. The van der Waals surface area contributed by atoms with E-state index in [4.69, 9.17) is 0 Å². The monoisotopic (exact) mass is 305 g/mol. The van der Waals surface area contributed by atoms with Gasteiger partial charge in [-0.1, -0.05) is 6.92 Å². The molecule has 1 atom stereocenters. The van der Waals surface area contributed by atoms with Gasteiger partial charge in [-0.05, 0) is 72.6 Å². The molecule has 1 unspecified atom stereocenters. The fraction of sp³-hybridized carbons (Fsp3) is 0.933. The Balaban J connectivity index is 0.00000361. The van der Waals surface area contributed by atoms with Crippen LogP contribution < -0.4 is 10.6 Å². The number of amides is 1. The Morgan fingerprint density at radius 1 is 1.30 bits per heavy atom. The first-order valence-corrected chi connectivity index (χ1v) is 7.60. The van der Waals surface area contributed by atoms with Gasteiger partial charge in [0.05, 0.1) is 6.04 Å². The zero-order chi connectivity index (χ0) is 14.5. The van der Waals surface area contributed by atoms with Crippen molar-refractivity contribution in [2.24, 2.45) is 5.92 Å². The highest BCUT2D eigenvalue weighted by molar-refractivity contribution is 5.85. The maximum atomic E-state index is 12.1. The van der Waals surface area contributed by atoms with Gasteiger partial charge in [0.15, 0.2) is 0 Å². The topological polar surface area (TPSA) is 44.4 Å². The van der Waals surface area contributed by atoms with E-state index in [0.717, 1.165) is 32.1 Å². The van der Waals surface area contributed by atoms with Crippen molar-refractivity contribution < 1.29 is 4.79 Å².